The Morgan fingerprint density at radius 1 is 1.00 bits per heavy atom. The summed E-state index contributed by atoms with van der Waals surface area (Å²) in [6.45, 7) is 10.8. The molecule has 1 aliphatic heterocycles. The third-order valence-electron chi connectivity index (χ3n) is 4.93. The van der Waals surface area contributed by atoms with Crippen molar-refractivity contribution < 1.29 is 9.59 Å². The lowest BCUT2D eigenvalue weighted by Crippen LogP contribution is -2.52. The Hall–Kier alpha value is -2.73. The molecule has 6 heteroatoms. The topological polar surface area (TPSA) is 65.5 Å². The molecule has 0 saturated carbocycles. The Balaban J connectivity index is 1.59. The second-order valence-electron chi connectivity index (χ2n) is 8.56. The third-order valence-corrected chi connectivity index (χ3v) is 4.93. The van der Waals surface area contributed by atoms with Gasteiger partial charge < -0.3 is 10.2 Å². The summed E-state index contributed by atoms with van der Waals surface area (Å²) in [4.78, 5) is 33.7. The minimum Gasteiger partial charge on any atom is -0.350 e. The first kappa shape index (κ1) is 21.0. The van der Waals surface area contributed by atoms with Gasteiger partial charge in [-0.1, -0.05) is 30.3 Å². The molecule has 2 heterocycles. The second-order valence-corrected chi connectivity index (χ2v) is 8.56. The fraction of sp³-hybridized carbons (Fsp3) is 0.435. The summed E-state index contributed by atoms with van der Waals surface area (Å²) in [6.07, 6.45) is 0. The van der Waals surface area contributed by atoms with Gasteiger partial charge in [-0.05, 0) is 39.8 Å². The molecule has 6 nitrogen and oxygen atoms in total. The van der Waals surface area contributed by atoms with Gasteiger partial charge in [0.15, 0.2) is 0 Å². The molecule has 1 aliphatic rings. The molecule has 29 heavy (non-hydrogen) atoms. The van der Waals surface area contributed by atoms with Crippen molar-refractivity contribution in [3.63, 3.8) is 0 Å². The van der Waals surface area contributed by atoms with E-state index < -0.39 is 0 Å². The zero-order valence-corrected chi connectivity index (χ0v) is 17.7. The van der Waals surface area contributed by atoms with E-state index in [9.17, 15) is 9.59 Å². The minimum atomic E-state index is -0.231. The smallest absolute Gasteiger partial charge is 0.255 e. The average molecular weight is 395 g/mol. The predicted molar refractivity (Wildman–Crippen MR) is 115 cm³/mol. The number of carbonyl (C=O) groups is 2. The van der Waals surface area contributed by atoms with Gasteiger partial charge in [0.05, 0.1) is 23.5 Å². The summed E-state index contributed by atoms with van der Waals surface area (Å²) >= 11 is 0. The highest BCUT2D eigenvalue weighted by Gasteiger charge is 2.25. The summed E-state index contributed by atoms with van der Waals surface area (Å²) in [7, 11) is 0. The number of piperazine rings is 1. The van der Waals surface area contributed by atoms with E-state index in [1.165, 1.54) is 0 Å². The number of hydrogen-bond acceptors (Lipinski definition) is 4. The Bertz CT molecular complexity index is 866. The highest BCUT2D eigenvalue weighted by molar-refractivity contribution is 5.95. The maximum atomic E-state index is 13.0. The first-order valence-corrected chi connectivity index (χ1v) is 10.1. The highest BCUT2D eigenvalue weighted by Crippen LogP contribution is 2.20. The van der Waals surface area contributed by atoms with Gasteiger partial charge in [-0.3, -0.25) is 19.5 Å². The standard InChI is InChI=1S/C23H30N4O2/c1-17-19(10-11-20(24-17)18-8-6-5-7-9-18)22(29)27-14-12-26(13-15-27)16-21(28)25-23(2,3)4/h5-11H,12-16H2,1-4H3,(H,25,28). The molecule has 154 valence electrons. The molecule has 1 aromatic heterocycles. The maximum Gasteiger partial charge on any atom is 0.255 e. The van der Waals surface area contributed by atoms with Crippen LogP contribution in [0.2, 0.25) is 0 Å². The Kier molecular flexibility index (Phi) is 6.33. The number of hydrogen-bond donors (Lipinski definition) is 1. The van der Waals surface area contributed by atoms with Crippen LogP contribution in [-0.4, -0.2) is 64.9 Å². The van der Waals surface area contributed by atoms with Gasteiger partial charge >= 0.3 is 0 Å². The lowest BCUT2D eigenvalue weighted by Gasteiger charge is -2.35. The van der Waals surface area contributed by atoms with Crippen LogP contribution in [0.1, 0.15) is 36.8 Å². The number of amides is 2. The highest BCUT2D eigenvalue weighted by atomic mass is 16.2. The first-order chi connectivity index (χ1) is 13.7. The number of benzene rings is 1. The van der Waals surface area contributed by atoms with Gasteiger partial charge in [-0.15, -0.1) is 0 Å². The van der Waals surface area contributed by atoms with Crippen molar-refractivity contribution >= 4 is 11.8 Å². The summed E-state index contributed by atoms with van der Waals surface area (Å²) in [5.74, 6) is 0.0298. The second kappa shape index (κ2) is 8.74. The van der Waals surface area contributed by atoms with E-state index in [1.54, 1.807) is 0 Å². The Morgan fingerprint density at radius 2 is 1.66 bits per heavy atom. The fourth-order valence-corrected chi connectivity index (χ4v) is 3.50. The van der Waals surface area contributed by atoms with E-state index in [-0.39, 0.29) is 17.4 Å². The first-order valence-electron chi connectivity index (χ1n) is 10.1. The molecule has 0 atom stereocenters. The Labute approximate surface area is 172 Å². The SMILES string of the molecule is Cc1nc(-c2ccccc2)ccc1C(=O)N1CCN(CC(=O)NC(C)(C)C)CC1. The molecule has 1 aromatic carbocycles. The van der Waals surface area contributed by atoms with Gasteiger partial charge in [-0.2, -0.15) is 0 Å². The number of rotatable bonds is 4. The number of aromatic nitrogens is 1. The van der Waals surface area contributed by atoms with Crippen molar-refractivity contribution in [2.75, 3.05) is 32.7 Å². The maximum absolute atomic E-state index is 13.0. The molecule has 0 aliphatic carbocycles. The van der Waals surface area contributed by atoms with E-state index in [1.807, 2.05) is 75.1 Å². The molecule has 3 rings (SSSR count). The van der Waals surface area contributed by atoms with Gasteiger partial charge in [0, 0.05) is 37.3 Å². The quantitative estimate of drug-likeness (QED) is 0.866. The molecule has 1 fully saturated rings. The zero-order chi connectivity index (χ0) is 21.0. The molecule has 0 bridgehead atoms. The van der Waals surface area contributed by atoms with E-state index in [0.717, 1.165) is 17.0 Å². The lowest BCUT2D eigenvalue weighted by atomic mass is 10.1. The summed E-state index contributed by atoms with van der Waals surface area (Å²) in [6, 6.07) is 13.7. The van der Waals surface area contributed by atoms with Crippen molar-refractivity contribution in [3.05, 3.63) is 53.7 Å². The number of nitrogens with one attached hydrogen (secondary N) is 1. The van der Waals surface area contributed by atoms with Crippen LogP contribution in [0.25, 0.3) is 11.3 Å². The Morgan fingerprint density at radius 3 is 2.24 bits per heavy atom. The van der Waals surface area contributed by atoms with Crippen LogP contribution < -0.4 is 5.32 Å². The summed E-state index contributed by atoms with van der Waals surface area (Å²) in [5, 5.41) is 2.98. The van der Waals surface area contributed by atoms with Crippen LogP contribution in [0.5, 0.6) is 0 Å². The van der Waals surface area contributed by atoms with Crippen LogP contribution in [0, 0.1) is 6.92 Å². The predicted octanol–water partition coefficient (Wildman–Crippen LogP) is 2.73. The third kappa shape index (κ3) is 5.64. The van der Waals surface area contributed by atoms with Crippen molar-refractivity contribution in [2.45, 2.75) is 33.2 Å². The fourth-order valence-electron chi connectivity index (χ4n) is 3.50. The molecule has 1 saturated heterocycles. The van der Waals surface area contributed by atoms with E-state index in [2.05, 4.69) is 15.2 Å². The van der Waals surface area contributed by atoms with Crippen molar-refractivity contribution in [1.29, 1.82) is 0 Å². The van der Waals surface area contributed by atoms with Gasteiger partial charge in [0.1, 0.15) is 0 Å². The van der Waals surface area contributed by atoms with E-state index >= 15 is 0 Å². The van der Waals surface area contributed by atoms with Gasteiger partial charge in [-0.25, -0.2) is 0 Å². The minimum absolute atomic E-state index is 0.00778. The summed E-state index contributed by atoms with van der Waals surface area (Å²) < 4.78 is 0. The van der Waals surface area contributed by atoms with Gasteiger partial charge in [0.2, 0.25) is 5.91 Å². The largest absolute Gasteiger partial charge is 0.350 e. The number of carbonyl (C=O) groups excluding carboxylic acids is 2. The monoisotopic (exact) mass is 394 g/mol. The van der Waals surface area contributed by atoms with E-state index in [4.69, 9.17) is 0 Å². The van der Waals surface area contributed by atoms with Gasteiger partial charge in [0.25, 0.3) is 5.91 Å². The molecule has 2 amide bonds. The number of pyridine rings is 1. The van der Waals surface area contributed by atoms with Crippen molar-refractivity contribution in [1.82, 2.24) is 20.1 Å². The molecule has 2 aromatic rings. The van der Waals surface area contributed by atoms with Crippen LogP contribution in [0.15, 0.2) is 42.5 Å². The van der Waals surface area contributed by atoms with Crippen LogP contribution in [-0.2, 0) is 4.79 Å². The molecule has 0 radical (unpaired) electrons. The normalized spacial score (nSPS) is 15.2. The van der Waals surface area contributed by atoms with Crippen molar-refractivity contribution in [2.24, 2.45) is 0 Å². The van der Waals surface area contributed by atoms with E-state index in [0.29, 0.717) is 38.3 Å². The lowest BCUT2D eigenvalue weighted by molar-refractivity contribution is -0.124. The zero-order valence-electron chi connectivity index (χ0n) is 17.7. The molecular formula is C23H30N4O2. The van der Waals surface area contributed by atoms with Crippen molar-refractivity contribution in [3.8, 4) is 11.3 Å². The molecular weight excluding hydrogens is 364 g/mol. The summed E-state index contributed by atoms with van der Waals surface area (Å²) in [5.41, 5.74) is 3.06. The molecule has 1 N–H and O–H groups in total. The van der Waals surface area contributed by atoms with Crippen LogP contribution in [0.4, 0.5) is 0 Å². The van der Waals surface area contributed by atoms with Crippen LogP contribution >= 0.6 is 0 Å². The average Bonchev–Trinajstić information content (AvgIpc) is 2.67. The molecule has 0 unspecified atom stereocenters. The number of nitrogens with zero attached hydrogens (tertiary/aromatic N) is 3. The molecule has 0 spiro atoms. The number of aryl methyl sites for hydroxylation is 1. The van der Waals surface area contributed by atoms with Crippen LogP contribution in [0.3, 0.4) is 0 Å².